The smallest absolute Gasteiger partial charge is 0.379 e. The second kappa shape index (κ2) is 6.38. The average molecular weight is 340 g/mol. The van der Waals surface area contributed by atoms with Gasteiger partial charge in [-0.15, -0.1) is 0 Å². The molecule has 2 heterocycles. The van der Waals surface area contributed by atoms with Crippen LogP contribution in [0.15, 0.2) is 33.5 Å². The highest BCUT2D eigenvalue weighted by atomic mass is 16.7. The van der Waals surface area contributed by atoms with Crippen molar-refractivity contribution < 1.29 is 39.4 Å². The Balaban J connectivity index is 1.90. The van der Waals surface area contributed by atoms with Gasteiger partial charge in [-0.05, 0) is 18.2 Å². The molecule has 1 aromatic carbocycles. The molecule has 130 valence electrons. The minimum absolute atomic E-state index is 0.0757. The summed E-state index contributed by atoms with van der Waals surface area (Å²) < 4.78 is 15.4. The first kappa shape index (κ1) is 16.7. The number of phenols is 1. The summed E-state index contributed by atoms with van der Waals surface area (Å²) in [6, 6.07) is 5.46. The molecule has 0 radical (unpaired) electrons. The first-order valence-corrected chi connectivity index (χ1v) is 7.15. The van der Waals surface area contributed by atoms with E-state index in [-0.39, 0.29) is 17.1 Å². The molecule has 0 spiro atoms. The standard InChI is InChI=1S/C15H16O9/c16-5-10-11(18)12(19)13(20)15(24-10)23-9-3-6-1-2-7(17)4-8(6)22-14(9)21/h1-4,10-13,15-20H,5H2/t10-,11-,12+,13-,15-/m1/s1. The van der Waals surface area contributed by atoms with Gasteiger partial charge in [-0.2, -0.15) is 0 Å². The van der Waals surface area contributed by atoms with E-state index >= 15 is 0 Å². The summed E-state index contributed by atoms with van der Waals surface area (Å²) in [6.45, 7) is -0.615. The van der Waals surface area contributed by atoms with Crippen molar-refractivity contribution in [2.45, 2.75) is 30.7 Å². The first-order valence-electron chi connectivity index (χ1n) is 7.15. The predicted octanol–water partition coefficient (Wildman–Crippen LogP) is -1.32. The summed E-state index contributed by atoms with van der Waals surface area (Å²) in [6.07, 6.45) is -7.43. The molecule has 0 saturated carbocycles. The Labute approximate surface area is 134 Å². The number of hydrogen-bond acceptors (Lipinski definition) is 9. The molecule has 5 atom stereocenters. The van der Waals surface area contributed by atoms with Gasteiger partial charge >= 0.3 is 5.63 Å². The molecule has 1 saturated heterocycles. The van der Waals surface area contributed by atoms with Crippen molar-refractivity contribution in [3.63, 3.8) is 0 Å². The molecule has 9 nitrogen and oxygen atoms in total. The van der Waals surface area contributed by atoms with E-state index in [0.717, 1.165) is 0 Å². The monoisotopic (exact) mass is 340 g/mol. The van der Waals surface area contributed by atoms with E-state index in [1.807, 2.05) is 0 Å². The van der Waals surface area contributed by atoms with Gasteiger partial charge in [0.25, 0.3) is 0 Å². The molecule has 0 bridgehead atoms. The molecule has 3 rings (SSSR count). The first-order chi connectivity index (χ1) is 11.4. The van der Waals surface area contributed by atoms with E-state index in [4.69, 9.17) is 19.0 Å². The molecule has 1 aliphatic heterocycles. The fraction of sp³-hybridized carbons (Fsp3) is 0.400. The van der Waals surface area contributed by atoms with Crippen LogP contribution in [0.3, 0.4) is 0 Å². The molecule has 0 amide bonds. The summed E-state index contributed by atoms with van der Waals surface area (Å²) in [5, 5.41) is 48.3. The molecule has 1 fully saturated rings. The molecule has 0 unspecified atom stereocenters. The third kappa shape index (κ3) is 2.95. The van der Waals surface area contributed by atoms with Gasteiger partial charge in [-0.3, -0.25) is 0 Å². The van der Waals surface area contributed by atoms with Crippen LogP contribution >= 0.6 is 0 Å². The lowest BCUT2D eigenvalue weighted by Gasteiger charge is -2.39. The van der Waals surface area contributed by atoms with Gasteiger partial charge in [0.1, 0.15) is 35.7 Å². The highest BCUT2D eigenvalue weighted by Crippen LogP contribution is 2.25. The Kier molecular flexibility index (Phi) is 4.43. The van der Waals surface area contributed by atoms with Crippen LogP contribution in [0.25, 0.3) is 11.0 Å². The number of ether oxygens (including phenoxy) is 2. The molecular weight excluding hydrogens is 324 g/mol. The number of hydrogen-bond donors (Lipinski definition) is 5. The predicted molar refractivity (Wildman–Crippen MR) is 78.5 cm³/mol. The zero-order chi connectivity index (χ0) is 17.4. The Hall–Kier alpha value is -2.17. The second-order valence-electron chi connectivity index (χ2n) is 5.44. The van der Waals surface area contributed by atoms with Crippen molar-refractivity contribution in [3.8, 4) is 11.5 Å². The van der Waals surface area contributed by atoms with Gasteiger partial charge in [0.05, 0.1) is 6.61 Å². The number of aliphatic hydroxyl groups excluding tert-OH is 4. The lowest BCUT2D eigenvalue weighted by molar-refractivity contribution is -0.277. The largest absolute Gasteiger partial charge is 0.508 e. The van der Waals surface area contributed by atoms with Crippen molar-refractivity contribution in [3.05, 3.63) is 34.7 Å². The van der Waals surface area contributed by atoms with Crippen LogP contribution < -0.4 is 10.4 Å². The van der Waals surface area contributed by atoms with Crippen molar-refractivity contribution in [1.82, 2.24) is 0 Å². The molecule has 1 aromatic heterocycles. The molecule has 2 aromatic rings. The number of aromatic hydroxyl groups is 1. The van der Waals surface area contributed by atoms with Crippen LogP contribution in [0.4, 0.5) is 0 Å². The molecule has 24 heavy (non-hydrogen) atoms. The van der Waals surface area contributed by atoms with Gasteiger partial charge < -0.3 is 39.4 Å². The van der Waals surface area contributed by atoms with Gasteiger partial charge in [-0.1, -0.05) is 0 Å². The fourth-order valence-corrected chi connectivity index (χ4v) is 2.45. The Morgan fingerprint density at radius 1 is 1.08 bits per heavy atom. The van der Waals surface area contributed by atoms with Crippen LogP contribution in [0, 0.1) is 0 Å². The topological polar surface area (TPSA) is 150 Å². The normalized spacial score (nSPS) is 30.4. The van der Waals surface area contributed by atoms with Crippen molar-refractivity contribution in [2.24, 2.45) is 0 Å². The van der Waals surface area contributed by atoms with Gasteiger partial charge in [0.15, 0.2) is 0 Å². The third-order valence-corrected chi connectivity index (χ3v) is 3.78. The van der Waals surface area contributed by atoms with Crippen LogP contribution in [0.2, 0.25) is 0 Å². The van der Waals surface area contributed by atoms with Crippen molar-refractivity contribution in [1.29, 1.82) is 0 Å². The maximum Gasteiger partial charge on any atom is 0.379 e. The lowest BCUT2D eigenvalue weighted by Crippen LogP contribution is -2.60. The van der Waals surface area contributed by atoms with Gasteiger partial charge in [-0.25, -0.2) is 4.79 Å². The molecule has 5 N–H and O–H groups in total. The lowest BCUT2D eigenvalue weighted by atomic mass is 9.99. The Bertz CT molecular complexity index is 784. The quantitative estimate of drug-likeness (QED) is 0.429. The molecular formula is C15H16O9. The second-order valence-corrected chi connectivity index (χ2v) is 5.44. The van der Waals surface area contributed by atoms with E-state index in [0.29, 0.717) is 5.39 Å². The van der Waals surface area contributed by atoms with E-state index < -0.39 is 42.9 Å². The zero-order valence-electron chi connectivity index (χ0n) is 12.3. The Morgan fingerprint density at radius 3 is 2.54 bits per heavy atom. The van der Waals surface area contributed by atoms with E-state index in [1.54, 1.807) is 0 Å². The summed E-state index contributed by atoms with van der Waals surface area (Å²) in [5.74, 6) is -0.370. The van der Waals surface area contributed by atoms with E-state index in [2.05, 4.69) is 0 Å². The zero-order valence-corrected chi connectivity index (χ0v) is 12.3. The molecule has 0 aliphatic carbocycles. The number of rotatable bonds is 3. The summed E-state index contributed by atoms with van der Waals surface area (Å²) >= 11 is 0. The summed E-state index contributed by atoms with van der Waals surface area (Å²) in [5.41, 5.74) is -0.744. The highest BCUT2D eigenvalue weighted by Gasteiger charge is 2.45. The maximum absolute atomic E-state index is 12.0. The molecule has 1 aliphatic rings. The van der Waals surface area contributed by atoms with Crippen LogP contribution in [-0.4, -0.2) is 62.8 Å². The minimum Gasteiger partial charge on any atom is -0.508 e. The summed E-state index contributed by atoms with van der Waals surface area (Å²) in [4.78, 5) is 12.0. The minimum atomic E-state index is -1.64. The van der Waals surface area contributed by atoms with Crippen LogP contribution in [0.5, 0.6) is 11.5 Å². The third-order valence-electron chi connectivity index (χ3n) is 3.78. The van der Waals surface area contributed by atoms with E-state index in [9.17, 15) is 25.2 Å². The van der Waals surface area contributed by atoms with Gasteiger partial charge in [0.2, 0.25) is 12.0 Å². The number of benzene rings is 1. The van der Waals surface area contributed by atoms with Crippen molar-refractivity contribution in [2.75, 3.05) is 6.61 Å². The van der Waals surface area contributed by atoms with E-state index in [1.165, 1.54) is 24.3 Å². The van der Waals surface area contributed by atoms with Crippen LogP contribution in [0.1, 0.15) is 0 Å². The SMILES string of the molecule is O=c1oc2cc(O)ccc2cc1O[C@@H]1O[C@H](CO)[C@@H](O)[C@H](O)[C@H]1O. The average Bonchev–Trinajstić information content (AvgIpc) is 2.56. The number of aliphatic hydroxyl groups is 4. The molecule has 9 heteroatoms. The fourth-order valence-electron chi connectivity index (χ4n) is 2.45. The van der Waals surface area contributed by atoms with Crippen LogP contribution in [-0.2, 0) is 4.74 Å². The van der Waals surface area contributed by atoms with Crippen molar-refractivity contribution >= 4 is 11.0 Å². The highest BCUT2D eigenvalue weighted by molar-refractivity contribution is 5.79. The summed E-state index contributed by atoms with van der Waals surface area (Å²) in [7, 11) is 0. The maximum atomic E-state index is 12.0. The Morgan fingerprint density at radius 2 is 1.83 bits per heavy atom. The van der Waals surface area contributed by atoms with Gasteiger partial charge in [0, 0.05) is 11.5 Å². The number of fused-ring (bicyclic) bond motifs is 1. The number of phenolic OH excluding ortho intramolecular Hbond substituents is 1.